The molecule has 0 bridgehead atoms. The Morgan fingerprint density at radius 2 is 2.06 bits per heavy atom. The maximum Gasteiger partial charge on any atom is 0.383 e. The lowest BCUT2D eigenvalue weighted by Crippen LogP contribution is -2.43. The van der Waals surface area contributed by atoms with E-state index in [9.17, 15) is 15.2 Å². The topological polar surface area (TPSA) is 110 Å². The lowest BCUT2D eigenvalue weighted by molar-refractivity contribution is -0.389. The number of hydrogen-bond acceptors (Lipinski definition) is 7. The fraction of sp³-hybridized carbons (Fsp3) is 0.381. The van der Waals surface area contributed by atoms with Gasteiger partial charge in [0.15, 0.2) is 5.82 Å². The van der Waals surface area contributed by atoms with Crippen molar-refractivity contribution < 1.29 is 10.0 Å². The van der Waals surface area contributed by atoms with Crippen molar-refractivity contribution in [3.8, 4) is 11.4 Å². The van der Waals surface area contributed by atoms with Gasteiger partial charge in [-0.2, -0.15) is 0 Å². The molecule has 0 spiro atoms. The number of halogens is 1. The number of rotatable bonds is 7. The number of hydrogen-bond donors (Lipinski definition) is 1. The van der Waals surface area contributed by atoms with Gasteiger partial charge in [-0.3, -0.25) is 9.47 Å². The first-order chi connectivity index (χ1) is 14.8. The molecule has 1 N–H and O–H groups in total. The highest BCUT2D eigenvalue weighted by Gasteiger charge is 2.28. The van der Waals surface area contributed by atoms with E-state index in [-0.39, 0.29) is 11.1 Å². The first kappa shape index (κ1) is 21.4. The van der Waals surface area contributed by atoms with Crippen LogP contribution in [0.5, 0.6) is 0 Å². The smallest absolute Gasteiger partial charge is 0.383 e. The Morgan fingerprint density at radius 1 is 1.29 bits per heavy atom. The van der Waals surface area contributed by atoms with Crippen LogP contribution in [-0.4, -0.2) is 53.1 Å². The van der Waals surface area contributed by atoms with Crippen molar-refractivity contribution >= 4 is 17.4 Å². The molecule has 1 aliphatic heterocycles. The quantitative estimate of drug-likeness (QED) is 0.442. The molecule has 9 nitrogen and oxygen atoms in total. The number of benzene rings is 1. The highest BCUT2D eigenvalue weighted by atomic mass is 35.5. The molecular weight excluding hydrogens is 420 g/mol. The van der Waals surface area contributed by atoms with Crippen molar-refractivity contribution in [2.75, 3.05) is 13.1 Å². The van der Waals surface area contributed by atoms with E-state index in [4.69, 9.17) is 16.6 Å². The molecule has 4 rings (SSSR count). The summed E-state index contributed by atoms with van der Waals surface area (Å²) in [6, 6.07) is 9.90. The third-order valence-electron chi connectivity index (χ3n) is 5.40. The van der Waals surface area contributed by atoms with Crippen molar-refractivity contribution in [2.24, 2.45) is 0 Å². The minimum Gasteiger partial charge on any atom is -0.389 e. The predicted octanol–water partition coefficient (Wildman–Crippen LogP) is 3.10. The van der Waals surface area contributed by atoms with E-state index in [1.807, 2.05) is 36.5 Å². The molecule has 3 aromatic rings. The van der Waals surface area contributed by atoms with E-state index >= 15 is 0 Å². The number of aromatic nitrogens is 4. The Bertz CT molecular complexity index is 1090. The number of nitrogens with zero attached hydrogens (tertiary/aromatic N) is 6. The van der Waals surface area contributed by atoms with Gasteiger partial charge < -0.3 is 15.2 Å². The number of aryl methyl sites for hydroxylation is 1. The Labute approximate surface area is 184 Å². The number of fused-ring (bicyclic) bond motifs is 1. The lowest BCUT2D eigenvalue weighted by atomic mass is 9.99. The fourth-order valence-electron chi connectivity index (χ4n) is 3.78. The van der Waals surface area contributed by atoms with Gasteiger partial charge in [0, 0.05) is 49.9 Å². The summed E-state index contributed by atoms with van der Waals surface area (Å²) >= 11 is 5.96. The summed E-state index contributed by atoms with van der Waals surface area (Å²) in [5, 5.41) is 21.8. The van der Waals surface area contributed by atoms with Crippen LogP contribution in [-0.2, 0) is 19.5 Å². The van der Waals surface area contributed by atoms with Gasteiger partial charge in [-0.1, -0.05) is 30.3 Å². The molecule has 31 heavy (non-hydrogen) atoms. The van der Waals surface area contributed by atoms with Gasteiger partial charge in [-0.25, -0.2) is 9.97 Å². The molecule has 0 fully saturated rings. The molecule has 10 heteroatoms. The summed E-state index contributed by atoms with van der Waals surface area (Å²) in [5.41, 5.74) is 2.11. The second-order valence-corrected chi connectivity index (χ2v) is 8.40. The number of aliphatic hydroxyl groups is 1. The monoisotopic (exact) mass is 442 g/mol. The van der Waals surface area contributed by atoms with Gasteiger partial charge in [-0.15, -0.1) is 0 Å². The largest absolute Gasteiger partial charge is 0.389 e. The van der Waals surface area contributed by atoms with Crippen molar-refractivity contribution in [3.05, 3.63) is 69.4 Å². The zero-order chi connectivity index (χ0) is 22.0. The molecule has 162 valence electrons. The maximum atomic E-state index is 10.9. The number of nitro groups is 1. The molecule has 0 saturated heterocycles. The summed E-state index contributed by atoms with van der Waals surface area (Å²) in [5.74, 6) is 0.429. The normalized spacial score (nSPS) is 16.0. The van der Waals surface area contributed by atoms with Crippen LogP contribution in [0.25, 0.3) is 11.4 Å². The van der Waals surface area contributed by atoms with Crippen LogP contribution >= 0.6 is 11.6 Å². The van der Waals surface area contributed by atoms with Crippen LogP contribution in [0.4, 0.5) is 5.82 Å². The maximum absolute atomic E-state index is 10.9. The van der Waals surface area contributed by atoms with Crippen molar-refractivity contribution in [2.45, 2.75) is 38.5 Å². The summed E-state index contributed by atoms with van der Waals surface area (Å²) < 4.78 is 1.48. The minimum absolute atomic E-state index is 0.0424. The average Bonchev–Trinajstić information content (AvgIpc) is 3.13. The average molecular weight is 443 g/mol. The van der Waals surface area contributed by atoms with Crippen molar-refractivity contribution in [1.29, 1.82) is 0 Å². The molecule has 1 atom stereocenters. The van der Waals surface area contributed by atoms with Crippen LogP contribution in [0.1, 0.15) is 24.6 Å². The number of imidazole rings is 1. The van der Waals surface area contributed by atoms with Gasteiger partial charge in [0.05, 0.1) is 11.3 Å². The standard InChI is InChI=1S/C21H23ClN6O3/c1-21(29,8-10-27-13-18(28(30)31)25-20(27)22)14-26-9-7-17-16(12-26)11-23-19(24-17)15-5-3-2-4-6-15/h2-6,11,13,29H,7-10,12,14H2,1H3. The second-order valence-electron chi connectivity index (χ2n) is 8.06. The molecule has 0 aliphatic carbocycles. The van der Waals surface area contributed by atoms with Crippen LogP contribution in [0.15, 0.2) is 42.7 Å². The molecule has 1 aliphatic rings. The molecule has 0 saturated carbocycles. The van der Waals surface area contributed by atoms with Gasteiger partial charge >= 0.3 is 11.1 Å². The zero-order valence-electron chi connectivity index (χ0n) is 17.1. The highest BCUT2D eigenvalue weighted by molar-refractivity contribution is 6.28. The Kier molecular flexibility index (Phi) is 5.99. The van der Waals surface area contributed by atoms with Crippen molar-refractivity contribution in [1.82, 2.24) is 24.4 Å². The van der Waals surface area contributed by atoms with E-state index in [0.717, 1.165) is 35.6 Å². The van der Waals surface area contributed by atoms with E-state index in [1.165, 1.54) is 10.8 Å². The van der Waals surface area contributed by atoms with Crippen LogP contribution in [0.3, 0.4) is 0 Å². The number of β-amino-alcohol motifs (C(OH)–C–C–N with tert-alkyl or cyclic N) is 1. The van der Waals surface area contributed by atoms with E-state index in [1.54, 1.807) is 6.92 Å². The molecular formula is C21H23ClN6O3. The first-order valence-corrected chi connectivity index (χ1v) is 10.4. The summed E-state index contributed by atoms with van der Waals surface area (Å²) in [6.07, 6.45) is 4.33. The van der Waals surface area contributed by atoms with E-state index < -0.39 is 10.5 Å². The third kappa shape index (κ3) is 5.07. The van der Waals surface area contributed by atoms with E-state index in [0.29, 0.717) is 26.1 Å². The predicted molar refractivity (Wildman–Crippen MR) is 116 cm³/mol. The molecule has 2 aromatic heterocycles. The Balaban J connectivity index is 1.37. The molecule has 3 heterocycles. The van der Waals surface area contributed by atoms with Gasteiger partial charge in [0.2, 0.25) is 0 Å². The fourth-order valence-corrected chi connectivity index (χ4v) is 4.00. The van der Waals surface area contributed by atoms with Crippen LogP contribution in [0, 0.1) is 10.1 Å². The van der Waals surface area contributed by atoms with Crippen LogP contribution in [0.2, 0.25) is 5.28 Å². The van der Waals surface area contributed by atoms with Gasteiger partial charge in [0.1, 0.15) is 6.20 Å². The SMILES string of the molecule is CC(O)(CCn1cc([N+](=O)[O-])nc1Cl)CN1CCc2nc(-c3ccccc3)ncc2C1. The van der Waals surface area contributed by atoms with Gasteiger partial charge in [0.25, 0.3) is 0 Å². The van der Waals surface area contributed by atoms with Crippen molar-refractivity contribution in [3.63, 3.8) is 0 Å². The van der Waals surface area contributed by atoms with Gasteiger partial charge in [-0.05, 0) is 34.9 Å². The molecule has 0 amide bonds. The minimum atomic E-state index is -0.995. The molecule has 1 unspecified atom stereocenters. The molecule has 1 aromatic carbocycles. The van der Waals surface area contributed by atoms with Crippen LogP contribution < -0.4 is 0 Å². The zero-order valence-corrected chi connectivity index (χ0v) is 17.9. The van der Waals surface area contributed by atoms with E-state index in [2.05, 4.69) is 14.9 Å². The Morgan fingerprint density at radius 3 is 2.77 bits per heavy atom. The third-order valence-corrected chi connectivity index (χ3v) is 5.70. The first-order valence-electron chi connectivity index (χ1n) is 10.0. The second kappa shape index (κ2) is 8.70. The Hall–Kier alpha value is -2.88. The molecule has 0 radical (unpaired) electrons. The summed E-state index contributed by atoms with van der Waals surface area (Å²) in [7, 11) is 0. The lowest BCUT2D eigenvalue weighted by Gasteiger charge is -2.34. The summed E-state index contributed by atoms with van der Waals surface area (Å²) in [4.78, 5) is 25.4. The summed E-state index contributed by atoms with van der Waals surface area (Å²) in [6.45, 7) is 4.00. The highest BCUT2D eigenvalue weighted by Crippen LogP contribution is 2.24.